The van der Waals surface area contributed by atoms with E-state index in [0.29, 0.717) is 0 Å². The number of rotatable bonds is 2. The van der Waals surface area contributed by atoms with E-state index in [1.165, 1.54) is 23.3 Å². The quantitative estimate of drug-likeness (QED) is 0.869. The zero-order valence-electron chi connectivity index (χ0n) is 13.2. The number of thiophene rings is 1. The molecule has 1 amide bonds. The summed E-state index contributed by atoms with van der Waals surface area (Å²) in [6.07, 6.45) is 6.58. The maximum absolute atomic E-state index is 12.6. The molecule has 0 spiro atoms. The molecule has 0 fully saturated rings. The summed E-state index contributed by atoms with van der Waals surface area (Å²) in [6.45, 7) is 2.06. The van der Waals surface area contributed by atoms with E-state index in [-0.39, 0.29) is 12.1 Å². The first kappa shape index (κ1) is 14.5. The zero-order chi connectivity index (χ0) is 15.8. The first-order valence-electron chi connectivity index (χ1n) is 8.17. The molecule has 23 heavy (non-hydrogen) atoms. The van der Waals surface area contributed by atoms with Crippen LogP contribution in [-0.2, 0) is 12.8 Å². The van der Waals surface area contributed by atoms with E-state index in [1.807, 2.05) is 18.2 Å². The molecule has 1 aromatic carbocycles. The maximum atomic E-state index is 12.6. The highest BCUT2D eigenvalue weighted by Crippen LogP contribution is 2.40. The van der Waals surface area contributed by atoms with E-state index in [9.17, 15) is 4.79 Å². The van der Waals surface area contributed by atoms with Gasteiger partial charge in [0, 0.05) is 4.88 Å². The van der Waals surface area contributed by atoms with Gasteiger partial charge in [-0.25, -0.2) is 0 Å². The largest absolute Gasteiger partial charge is 0.353 e. The summed E-state index contributed by atoms with van der Waals surface area (Å²) >= 11 is 1.77. The van der Waals surface area contributed by atoms with Crippen LogP contribution in [0.2, 0.25) is 0 Å². The topological polar surface area (TPSA) is 41.1 Å². The third kappa shape index (κ3) is 2.68. The second-order valence-corrected chi connectivity index (χ2v) is 7.37. The molecular weight excluding hydrogens is 304 g/mol. The van der Waals surface area contributed by atoms with E-state index >= 15 is 0 Å². The second-order valence-electron chi connectivity index (χ2n) is 6.26. The molecule has 4 rings (SSSR count). The van der Waals surface area contributed by atoms with Gasteiger partial charge in [-0.05, 0) is 49.3 Å². The average molecular weight is 324 g/mol. The van der Waals surface area contributed by atoms with Crippen molar-refractivity contribution in [2.24, 2.45) is 0 Å². The summed E-state index contributed by atoms with van der Waals surface area (Å²) in [5, 5.41) is 7.69. The normalized spacial score (nSPS) is 20.3. The molecule has 2 aliphatic rings. The van der Waals surface area contributed by atoms with Gasteiger partial charge in [-0.2, -0.15) is 0 Å². The van der Waals surface area contributed by atoms with Gasteiger partial charge in [0.25, 0.3) is 5.91 Å². The minimum absolute atomic E-state index is 0.0731. The van der Waals surface area contributed by atoms with Crippen LogP contribution in [0.15, 0.2) is 35.9 Å². The molecule has 118 valence electrons. The molecule has 1 aromatic heterocycles. The highest BCUT2D eigenvalue weighted by molar-refractivity contribution is 7.16. The molecule has 2 N–H and O–H groups in total. The smallest absolute Gasteiger partial charge is 0.256 e. The van der Waals surface area contributed by atoms with Crippen LogP contribution >= 0.6 is 11.3 Å². The van der Waals surface area contributed by atoms with Crippen molar-refractivity contribution in [3.8, 4) is 0 Å². The molecule has 0 unspecified atom stereocenters. The molecule has 0 saturated heterocycles. The Morgan fingerprint density at radius 3 is 2.78 bits per heavy atom. The molecule has 2 aromatic rings. The van der Waals surface area contributed by atoms with Crippen molar-refractivity contribution in [1.29, 1.82) is 0 Å². The lowest BCUT2D eigenvalue weighted by atomic mass is 9.94. The van der Waals surface area contributed by atoms with Crippen molar-refractivity contribution in [3.63, 3.8) is 0 Å². The van der Waals surface area contributed by atoms with Crippen molar-refractivity contribution in [3.05, 3.63) is 57.5 Å². The van der Waals surface area contributed by atoms with E-state index in [4.69, 9.17) is 0 Å². The van der Waals surface area contributed by atoms with Crippen molar-refractivity contribution < 1.29 is 4.79 Å². The fourth-order valence-electron chi connectivity index (χ4n) is 3.40. The predicted molar refractivity (Wildman–Crippen MR) is 95.9 cm³/mol. The summed E-state index contributed by atoms with van der Waals surface area (Å²) in [5.41, 5.74) is 4.44. The highest BCUT2D eigenvalue weighted by Gasteiger charge is 2.31. The fourth-order valence-corrected chi connectivity index (χ4v) is 4.72. The Bertz CT molecular complexity index is 776. The summed E-state index contributed by atoms with van der Waals surface area (Å²) in [7, 11) is 0. The van der Waals surface area contributed by atoms with Crippen LogP contribution in [0.3, 0.4) is 0 Å². The van der Waals surface area contributed by atoms with E-state index < -0.39 is 0 Å². The summed E-state index contributed by atoms with van der Waals surface area (Å²) in [6, 6.07) is 10.2. The number of fused-ring (bicyclic) bond motifs is 3. The zero-order valence-corrected chi connectivity index (χ0v) is 14.0. The Morgan fingerprint density at radius 2 is 1.96 bits per heavy atom. The van der Waals surface area contributed by atoms with Gasteiger partial charge >= 0.3 is 0 Å². The SMILES string of the molecule is C/C(=C/c1ccccc1)[C@@H]1NC(=O)c2c(sc3c2CCCC3)N1. The Kier molecular flexibility index (Phi) is 3.69. The Labute approximate surface area is 140 Å². The summed E-state index contributed by atoms with van der Waals surface area (Å²) in [4.78, 5) is 14.0. The number of nitrogens with one attached hydrogen (secondary N) is 2. The van der Waals surface area contributed by atoms with Gasteiger partial charge in [-0.15, -0.1) is 11.3 Å². The van der Waals surface area contributed by atoms with Gasteiger partial charge in [0.2, 0.25) is 0 Å². The van der Waals surface area contributed by atoms with Gasteiger partial charge in [-0.3, -0.25) is 4.79 Å². The lowest BCUT2D eigenvalue weighted by Crippen LogP contribution is -2.45. The molecule has 1 aliphatic carbocycles. The van der Waals surface area contributed by atoms with Crippen molar-refractivity contribution in [1.82, 2.24) is 5.32 Å². The second kappa shape index (κ2) is 5.85. The molecular formula is C19H20N2OS. The monoisotopic (exact) mass is 324 g/mol. The van der Waals surface area contributed by atoms with Crippen LogP contribution < -0.4 is 10.6 Å². The number of hydrogen-bond donors (Lipinski definition) is 2. The standard InChI is InChI=1S/C19H20N2OS/c1-12(11-13-7-3-2-4-8-13)17-20-18(22)16-14-9-5-6-10-15(14)23-19(16)21-17/h2-4,7-8,11,17,21H,5-6,9-10H2,1H3,(H,20,22)/b12-11-/t17-/m1/s1. The third-order valence-corrected chi connectivity index (χ3v) is 5.82. The number of carbonyl (C=O) groups is 1. The van der Waals surface area contributed by atoms with E-state index in [2.05, 4.69) is 35.8 Å². The first-order valence-corrected chi connectivity index (χ1v) is 8.99. The summed E-state index contributed by atoms with van der Waals surface area (Å²) < 4.78 is 0. The number of anilines is 1. The maximum Gasteiger partial charge on any atom is 0.256 e. The number of benzene rings is 1. The molecule has 2 heterocycles. The van der Waals surface area contributed by atoms with Crippen molar-refractivity contribution in [2.45, 2.75) is 38.8 Å². The fraction of sp³-hybridized carbons (Fsp3) is 0.316. The molecule has 0 saturated carbocycles. The number of amides is 1. The summed E-state index contributed by atoms with van der Waals surface area (Å²) in [5.74, 6) is 0.0731. The number of hydrogen-bond acceptors (Lipinski definition) is 3. The molecule has 3 nitrogen and oxygen atoms in total. The molecule has 4 heteroatoms. The van der Waals surface area contributed by atoms with Crippen LogP contribution in [-0.4, -0.2) is 12.1 Å². The minimum Gasteiger partial charge on any atom is -0.353 e. The van der Waals surface area contributed by atoms with Gasteiger partial charge in [0.1, 0.15) is 11.2 Å². The van der Waals surface area contributed by atoms with Crippen LogP contribution in [0.25, 0.3) is 6.08 Å². The molecule has 0 radical (unpaired) electrons. The molecule has 1 atom stereocenters. The Morgan fingerprint density at radius 1 is 1.17 bits per heavy atom. The lowest BCUT2D eigenvalue weighted by molar-refractivity contribution is 0.0941. The third-order valence-electron chi connectivity index (χ3n) is 4.60. The van der Waals surface area contributed by atoms with Crippen LogP contribution in [0, 0.1) is 0 Å². The minimum atomic E-state index is -0.129. The highest BCUT2D eigenvalue weighted by atomic mass is 32.1. The van der Waals surface area contributed by atoms with Crippen molar-refractivity contribution in [2.75, 3.05) is 5.32 Å². The first-order chi connectivity index (χ1) is 11.2. The van der Waals surface area contributed by atoms with E-state index in [0.717, 1.165) is 34.5 Å². The van der Waals surface area contributed by atoms with Crippen molar-refractivity contribution >= 4 is 28.3 Å². The number of aryl methyl sites for hydroxylation is 1. The Balaban J connectivity index is 1.63. The van der Waals surface area contributed by atoms with Gasteiger partial charge in [-0.1, -0.05) is 36.4 Å². The molecule has 0 bridgehead atoms. The van der Waals surface area contributed by atoms with E-state index in [1.54, 1.807) is 11.3 Å². The average Bonchev–Trinajstić information content (AvgIpc) is 2.94. The van der Waals surface area contributed by atoms with Crippen LogP contribution in [0.1, 0.15) is 46.1 Å². The van der Waals surface area contributed by atoms with Gasteiger partial charge < -0.3 is 10.6 Å². The van der Waals surface area contributed by atoms with Gasteiger partial charge in [0.05, 0.1) is 5.56 Å². The lowest BCUT2D eigenvalue weighted by Gasteiger charge is -2.27. The van der Waals surface area contributed by atoms with Crippen LogP contribution in [0.5, 0.6) is 0 Å². The Hall–Kier alpha value is -2.07. The number of carbonyl (C=O) groups excluding carboxylic acids is 1. The predicted octanol–water partition coefficient (Wildman–Crippen LogP) is 4.21. The van der Waals surface area contributed by atoms with Crippen LogP contribution in [0.4, 0.5) is 5.00 Å². The van der Waals surface area contributed by atoms with Gasteiger partial charge in [0.15, 0.2) is 0 Å². The molecule has 1 aliphatic heterocycles.